The van der Waals surface area contributed by atoms with Gasteiger partial charge in [0.1, 0.15) is 6.10 Å². The molecule has 0 aromatic carbocycles. The maximum absolute atomic E-state index is 11.9. The van der Waals surface area contributed by atoms with Crippen LogP contribution in [0.5, 0.6) is 0 Å². The van der Waals surface area contributed by atoms with Gasteiger partial charge in [-0.25, -0.2) is 0 Å². The van der Waals surface area contributed by atoms with Crippen LogP contribution >= 0.6 is 0 Å². The standard InChI is InChI=1S/C32H54O4/c1-20(33)35-25-14-16-29(6)23(27(25,2)3)13-18-31(8)24(29)11-10-21-22(12-17-30(21,31)7)32(9)19-15-26(36-32)28(4,5)34/h21-26,34H,10-19H2,1-9H3/t21?,22-,23?,24?,25-,26+,29-,30+,31+,32-/m0/s1. The van der Waals surface area contributed by atoms with E-state index in [0.717, 1.165) is 25.2 Å². The third-order valence-corrected chi connectivity index (χ3v) is 13.5. The molecule has 0 amide bonds. The van der Waals surface area contributed by atoms with Gasteiger partial charge in [0.25, 0.3) is 0 Å². The predicted molar refractivity (Wildman–Crippen MR) is 143 cm³/mol. The molecule has 5 aliphatic rings. The van der Waals surface area contributed by atoms with E-state index in [0.29, 0.717) is 34.0 Å². The van der Waals surface area contributed by atoms with Gasteiger partial charge in [-0.05, 0) is 125 Å². The van der Waals surface area contributed by atoms with E-state index in [1.165, 1.54) is 44.9 Å². The molecule has 4 heteroatoms. The molecular formula is C32H54O4. The van der Waals surface area contributed by atoms with Crippen LogP contribution in [-0.4, -0.2) is 34.5 Å². The Morgan fingerprint density at radius 1 is 0.806 bits per heavy atom. The molecule has 36 heavy (non-hydrogen) atoms. The molecular weight excluding hydrogens is 448 g/mol. The lowest BCUT2D eigenvalue weighted by molar-refractivity contribution is -0.231. The Balaban J connectivity index is 1.42. The average molecular weight is 503 g/mol. The van der Waals surface area contributed by atoms with E-state index in [1.807, 2.05) is 13.8 Å². The third kappa shape index (κ3) is 3.62. The Hall–Kier alpha value is -0.610. The van der Waals surface area contributed by atoms with Gasteiger partial charge in [-0.3, -0.25) is 4.79 Å². The first-order valence-corrected chi connectivity index (χ1v) is 15.1. The molecule has 0 bridgehead atoms. The van der Waals surface area contributed by atoms with Crippen molar-refractivity contribution in [2.45, 2.75) is 150 Å². The summed E-state index contributed by atoms with van der Waals surface area (Å²) in [6.45, 7) is 20.4. The van der Waals surface area contributed by atoms with Crippen LogP contribution in [0.25, 0.3) is 0 Å². The topological polar surface area (TPSA) is 55.8 Å². The van der Waals surface area contributed by atoms with Gasteiger partial charge in [0.2, 0.25) is 0 Å². The molecule has 1 heterocycles. The predicted octanol–water partition coefficient (Wildman–Crippen LogP) is 7.31. The Labute approximate surface area is 220 Å². The molecule has 1 N–H and O–H groups in total. The number of hydrogen-bond donors (Lipinski definition) is 1. The summed E-state index contributed by atoms with van der Waals surface area (Å²) < 4.78 is 12.6. The molecule has 0 aromatic heterocycles. The molecule has 1 aliphatic heterocycles. The van der Waals surface area contributed by atoms with E-state index in [4.69, 9.17) is 9.47 Å². The van der Waals surface area contributed by atoms with E-state index in [-0.39, 0.29) is 29.2 Å². The monoisotopic (exact) mass is 502 g/mol. The zero-order valence-corrected chi connectivity index (χ0v) is 24.7. The van der Waals surface area contributed by atoms with Crippen LogP contribution < -0.4 is 0 Å². The zero-order valence-electron chi connectivity index (χ0n) is 24.7. The van der Waals surface area contributed by atoms with Crippen molar-refractivity contribution in [2.75, 3.05) is 0 Å². The number of ether oxygens (including phenoxy) is 2. The number of hydrogen-bond acceptors (Lipinski definition) is 4. The van der Waals surface area contributed by atoms with Gasteiger partial charge in [-0.15, -0.1) is 0 Å². The fraction of sp³-hybridized carbons (Fsp3) is 0.969. The molecule has 5 fully saturated rings. The van der Waals surface area contributed by atoms with Crippen LogP contribution in [0.15, 0.2) is 0 Å². The normalized spacial score (nSPS) is 52.3. The van der Waals surface area contributed by atoms with Crippen LogP contribution in [0.2, 0.25) is 0 Å². The van der Waals surface area contributed by atoms with Gasteiger partial charge in [0.15, 0.2) is 0 Å². The molecule has 206 valence electrons. The Morgan fingerprint density at radius 3 is 2.08 bits per heavy atom. The minimum Gasteiger partial charge on any atom is -0.462 e. The smallest absolute Gasteiger partial charge is 0.302 e. The van der Waals surface area contributed by atoms with E-state index in [9.17, 15) is 9.90 Å². The molecule has 5 rings (SSSR count). The van der Waals surface area contributed by atoms with Crippen molar-refractivity contribution < 1.29 is 19.4 Å². The van der Waals surface area contributed by atoms with E-state index >= 15 is 0 Å². The first-order chi connectivity index (χ1) is 16.5. The van der Waals surface area contributed by atoms with Gasteiger partial charge < -0.3 is 14.6 Å². The first-order valence-electron chi connectivity index (χ1n) is 15.1. The number of fused-ring (bicyclic) bond motifs is 5. The number of rotatable bonds is 3. The highest BCUT2D eigenvalue weighted by molar-refractivity contribution is 5.66. The van der Waals surface area contributed by atoms with Crippen LogP contribution in [0.1, 0.15) is 127 Å². The molecule has 4 nitrogen and oxygen atoms in total. The third-order valence-electron chi connectivity index (χ3n) is 13.5. The van der Waals surface area contributed by atoms with Crippen molar-refractivity contribution in [1.82, 2.24) is 0 Å². The minimum atomic E-state index is -0.770. The number of aliphatic hydroxyl groups is 1. The molecule has 0 radical (unpaired) electrons. The van der Waals surface area contributed by atoms with Crippen LogP contribution in [0.4, 0.5) is 0 Å². The molecule has 0 aromatic rings. The molecule has 0 spiro atoms. The highest BCUT2D eigenvalue weighted by atomic mass is 16.5. The second-order valence-corrected chi connectivity index (χ2v) is 15.9. The summed E-state index contributed by atoms with van der Waals surface area (Å²) in [5, 5.41) is 10.7. The van der Waals surface area contributed by atoms with Gasteiger partial charge >= 0.3 is 5.97 Å². The summed E-state index contributed by atoms with van der Waals surface area (Å²) in [6.07, 6.45) is 11.9. The number of carbonyl (C=O) groups excluding carboxylic acids is 1. The Bertz CT molecular complexity index is 889. The quantitative estimate of drug-likeness (QED) is 0.411. The summed E-state index contributed by atoms with van der Waals surface area (Å²) in [7, 11) is 0. The Kier molecular flexibility index (Phi) is 6.14. The first kappa shape index (κ1) is 27.0. The molecule has 10 atom stereocenters. The second-order valence-electron chi connectivity index (χ2n) is 15.9. The van der Waals surface area contributed by atoms with Crippen molar-refractivity contribution in [1.29, 1.82) is 0 Å². The highest BCUT2D eigenvalue weighted by Gasteiger charge is 2.70. The van der Waals surface area contributed by atoms with Gasteiger partial charge in [-0.1, -0.05) is 34.6 Å². The van der Waals surface area contributed by atoms with Crippen molar-refractivity contribution in [3.05, 3.63) is 0 Å². The lowest BCUT2D eigenvalue weighted by Gasteiger charge is -2.70. The van der Waals surface area contributed by atoms with Gasteiger partial charge in [0.05, 0.1) is 17.3 Å². The lowest BCUT2D eigenvalue weighted by Crippen LogP contribution is -2.64. The molecule has 1 saturated heterocycles. The fourth-order valence-corrected chi connectivity index (χ4v) is 11.5. The van der Waals surface area contributed by atoms with E-state index in [2.05, 4.69) is 41.5 Å². The lowest BCUT2D eigenvalue weighted by atomic mass is 9.35. The summed E-state index contributed by atoms with van der Waals surface area (Å²) in [6, 6.07) is 0. The summed E-state index contributed by atoms with van der Waals surface area (Å²) in [5.74, 6) is 2.49. The largest absolute Gasteiger partial charge is 0.462 e. The summed E-state index contributed by atoms with van der Waals surface area (Å²) >= 11 is 0. The maximum Gasteiger partial charge on any atom is 0.302 e. The van der Waals surface area contributed by atoms with E-state index < -0.39 is 5.60 Å². The van der Waals surface area contributed by atoms with Gasteiger partial charge in [0, 0.05) is 12.3 Å². The van der Waals surface area contributed by atoms with Gasteiger partial charge in [-0.2, -0.15) is 0 Å². The summed E-state index contributed by atoms with van der Waals surface area (Å²) in [4.78, 5) is 11.9. The molecule has 4 aliphatic carbocycles. The van der Waals surface area contributed by atoms with E-state index in [1.54, 1.807) is 6.92 Å². The second kappa shape index (κ2) is 8.20. The van der Waals surface area contributed by atoms with Crippen molar-refractivity contribution >= 4 is 5.97 Å². The van der Waals surface area contributed by atoms with Crippen LogP contribution in [-0.2, 0) is 14.3 Å². The van der Waals surface area contributed by atoms with Crippen molar-refractivity contribution in [3.8, 4) is 0 Å². The zero-order chi connectivity index (χ0) is 26.5. The number of esters is 1. The number of carbonyl (C=O) groups is 1. The van der Waals surface area contributed by atoms with Crippen LogP contribution in [0.3, 0.4) is 0 Å². The van der Waals surface area contributed by atoms with Crippen LogP contribution in [0, 0.1) is 45.3 Å². The summed E-state index contributed by atoms with van der Waals surface area (Å²) in [5.41, 5.74) is 0.122. The van der Waals surface area contributed by atoms with Crippen molar-refractivity contribution in [2.24, 2.45) is 45.3 Å². The fourth-order valence-electron chi connectivity index (χ4n) is 11.5. The minimum absolute atomic E-state index is 0.0211. The molecule has 3 unspecified atom stereocenters. The average Bonchev–Trinajstić information content (AvgIpc) is 3.32. The highest BCUT2D eigenvalue weighted by Crippen LogP contribution is 2.76. The Morgan fingerprint density at radius 2 is 1.47 bits per heavy atom. The SMILES string of the molecule is CC(=O)O[C@H]1CC[C@@]2(C)C(CC[C@]3(C)C2CCC2[C@@H]([C@]4(C)CC[C@H](C(C)(C)O)O4)CC[C@]23C)C1(C)C. The maximum atomic E-state index is 11.9. The molecule has 4 saturated carbocycles. The van der Waals surface area contributed by atoms with Crippen molar-refractivity contribution in [3.63, 3.8) is 0 Å².